The van der Waals surface area contributed by atoms with E-state index in [0.717, 1.165) is 47.3 Å². The maximum Gasteiger partial charge on any atom is 0.248 e. The monoisotopic (exact) mass is 480 g/mol. The number of anilines is 1. The summed E-state index contributed by atoms with van der Waals surface area (Å²) in [4.78, 5) is 15.8. The van der Waals surface area contributed by atoms with Crippen LogP contribution in [0.15, 0.2) is 70.1 Å². The van der Waals surface area contributed by atoms with Crippen LogP contribution in [0.4, 0.5) is 5.69 Å². The second-order valence-corrected chi connectivity index (χ2v) is 8.72. The van der Waals surface area contributed by atoms with Gasteiger partial charge in [0.1, 0.15) is 11.3 Å². The number of para-hydroxylation sites is 1. The highest BCUT2D eigenvalue weighted by molar-refractivity contribution is 5.99. The first-order valence-corrected chi connectivity index (χ1v) is 12.8. The van der Waals surface area contributed by atoms with Crippen molar-refractivity contribution in [2.45, 2.75) is 59.8 Å². The molecule has 3 aromatic rings. The van der Waals surface area contributed by atoms with E-state index in [0.29, 0.717) is 6.54 Å². The lowest BCUT2D eigenvalue weighted by Crippen LogP contribution is -2.08. The molecule has 0 bridgehead atoms. The van der Waals surface area contributed by atoms with Gasteiger partial charge in [0.15, 0.2) is 0 Å². The Morgan fingerprint density at radius 1 is 1.19 bits per heavy atom. The number of allylic oxidation sites excluding steroid dienone is 2. The summed E-state index contributed by atoms with van der Waals surface area (Å²) >= 11 is 0. The number of nitrogens with one attached hydrogen (secondary N) is 1. The number of hydrogen-bond donors (Lipinski definition) is 1. The molecular weight excluding hydrogens is 444 g/mol. The van der Waals surface area contributed by atoms with Gasteiger partial charge in [0, 0.05) is 28.6 Å². The molecule has 1 aliphatic rings. The number of furan rings is 1. The summed E-state index contributed by atoms with van der Waals surface area (Å²) in [6, 6.07) is 14.3. The predicted octanol–water partition coefficient (Wildman–Crippen LogP) is 7.71. The average Bonchev–Trinajstić information content (AvgIpc) is 3.13. The molecule has 1 aromatic heterocycles. The van der Waals surface area contributed by atoms with Crippen molar-refractivity contribution in [3.05, 3.63) is 83.1 Å². The highest BCUT2D eigenvalue weighted by Crippen LogP contribution is 2.32. The second kappa shape index (κ2) is 13.9. The summed E-state index contributed by atoms with van der Waals surface area (Å²) in [5.41, 5.74) is 6.67. The third-order valence-electron chi connectivity index (χ3n) is 5.96. The van der Waals surface area contributed by atoms with Gasteiger partial charge >= 0.3 is 0 Å². The molecule has 186 valence electrons. The normalized spacial score (nSPS) is 12.4. The quantitative estimate of drug-likeness (QED) is 0.204. The molecule has 4 rings (SSSR count). The van der Waals surface area contributed by atoms with E-state index < -0.39 is 0 Å². The van der Waals surface area contributed by atoms with Gasteiger partial charge in [-0.05, 0) is 80.8 Å². The molecule has 1 amide bonds. The van der Waals surface area contributed by atoms with Gasteiger partial charge in [0.25, 0.3) is 0 Å². The Bertz CT molecular complexity index is 1330. The van der Waals surface area contributed by atoms with Gasteiger partial charge in [0.05, 0.1) is 6.54 Å². The molecule has 1 heterocycles. The van der Waals surface area contributed by atoms with Crippen LogP contribution in [0.5, 0.6) is 0 Å². The Morgan fingerprint density at radius 2 is 2.03 bits per heavy atom. The first kappa shape index (κ1) is 26.8. The van der Waals surface area contributed by atoms with E-state index in [1.807, 2.05) is 62.5 Å². The molecule has 0 aliphatic heterocycles. The topological polar surface area (TPSA) is 54.6 Å². The van der Waals surface area contributed by atoms with E-state index in [1.54, 1.807) is 6.08 Å². The molecule has 4 nitrogen and oxygen atoms in total. The first-order chi connectivity index (χ1) is 17.6. The zero-order valence-electron chi connectivity index (χ0n) is 21.9. The Hall–Kier alpha value is -3.84. The standard InChI is InChI=1S/C16H13NO.C16H23NO/c1-2-17-11-12-7-3-4-9-14-13-8-5-6-10-15(13)18-16(12)14;1-4-6-8-14-10-11-15(12-13(14)3)17-16(18)9-7-5-2/h2,5-8,10H,9,11H2,1H3;7,9-12H,4-6,8H2,1-3H3,(H,17,18)/b;9-7+. The van der Waals surface area contributed by atoms with Gasteiger partial charge in [-0.1, -0.05) is 62.5 Å². The van der Waals surface area contributed by atoms with Crippen molar-refractivity contribution in [3.8, 4) is 11.8 Å². The molecule has 0 atom stereocenters. The third-order valence-corrected chi connectivity index (χ3v) is 5.96. The minimum Gasteiger partial charge on any atom is -0.456 e. The van der Waals surface area contributed by atoms with Gasteiger partial charge in [-0.2, -0.15) is 0 Å². The lowest BCUT2D eigenvalue weighted by molar-refractivity contribution is -0.111. The van der Waals surface area contributed by atoms with Crippen LogP contribution in [-0.4, -0.2) is 18.7 Å². The number of aliphatic imine (C=N–C) groups is 1. The molecule has 0 spiro atoms. The largest absolute Gasteiger partial charge is 0.456 e. The fourth-order valence-corrected chi connectivity index (χ4v) is 4.01. The van der Waals surface area contributed by atoms with E-state index in [1.165, 1.54) is 29.5 Å². The number of unbranched alkanes of at least 4 members (excludes halogenated alkanes) is 1. The summed E-state index contributed by atoms with van der Waals surface area (Å²) in [6.45, 7) is 8.85. The molecule has 1 N–H and O–H groups in total. The molecule has 0 radical (unpaired) electrons. The molecule has 2 aromatic carbocycles. The molecular formula is C32H36N2O2. The molecule has 0 unspecified atom stereocenters. The van der Waals surface area contributed by atoms with Crippen LogP contribution in [0.1, 0.15) is 62.5 Å². The van der Waals surface area contributed by atoms with E-state index in [-0.39, 0.29) is 5.91 Å². The minimum atomic E-state index is -0.0578. The average molecular weight is 481 g/mol. The summed E-state index contributed by atoms with van der Waals surface area (Å²) in [7, 11) is 0. The van der Waals surface area contributed by atoms with Gasteiger partial charge in [-0.15, -0.1) is 0 Å². The fourth-order valence-electron chi connectivity index (χ4n) is 4.01. The van der Waals surface area contributed by atoms with Crippen LogP contribution in [0.3, 0.4) is 0 Å². The number of nitrogens with zero attached hydrogens (tertiary/aromatic N) is 1. The van der Waals surface area contributed by atoms with Gasteiger partial charge in [-0.3, -0.25) is 9.79 Å². The number of rotatable bonds is 8. The van der Waals surface area contributed by atoms with Crippen molar-refractivity contribution in [2.75, 3.05) is 11.9 Å². The Morgan fingerprint density at radius 3 is 2.78 bits per heavy atom. The molecule has 0 saturated heterocycles. The third kappa shape index (κ3) is 7.33. The van der Waals surface area contributed by atoms with Crippen molar-refractivity contribution in [1.82, 2.24) is 0 Å². The smallest absolute Gasteiger partial charge is 0.248 e. The highest BCUT2D eigenvalue weighted by atomic mass is 16.3. The maximum atomic E-state index is 11.5. The molecule has 0 saturated carbocycles. The summed E-state index contributed by atoms with van der Waals surface area (Å²) in [5, 5.41) is 4.04. The fraction of sp³-hybridized carbons (Fsp3) is 0.312. The molecule has 36 heavy (non-hydrogen) atoms. The summed E-state index contributed by atoms with van der Waals surface area (Å²) in [6.07, 6.45) is 12.3. The molecule has 0 fully saturated rings. The summed E-state index contributed by atoms with van der Waals surface area (Å²) < 4.78 is 5.96. The van der Waals surface area contributed by atoms with Gasteiger partial charge in [-0.25, -0.2) is 0 Å². The SMILES string of the molecule is CC/C=C/C(=O)Nc1ccc(CCCC)c(C)c1.CC=NCC1=CC#CCc2c1oc1ccccc21. The van der Waals surface area contributed by atoms with Crippen LogP contribution in [0.2, 0.25) is 0 Å². The lowest BCUT2D eigenvalue weighted by atomic mass is 10.0. The Kier molecular flexibility index (Phi) is 10.3. The van der Waals surface area contributed by atoms with Crippen molar-refractivity contribution in [3.63, 3.8) is 0 Å². The zero-order chi connectivity index (χ0) is 25.8. The Balaban J connectivity index is 0.000000201. The Labute approximate surface area is 215 Å². The van der Waals surface area contributed by atoms with Gasteiger partial charge < -0.3 is 9.73 Å². The van der Waals surface area contributed by atoms with Crippen LogP contribution >= 0.6 is 0 Å². The minimum absolute atomic E-state index is 0.0578. The first-order valence-electron chi connectivity index (χ1n) is 12.8. The van der Waals surface area contributed by atoms with E-state index in [9.17, 15) is 4.79 Å². The number of carbonyl (C=O) groups is 1. The number of carbonyl (C=O) groups excluding carboxylic acids is 1. The van der Waals surface area contributed by atoms with Crippen molar-refractivity contribution in [2.24, 2.45) is 4.99 Å². The summed E-state index contributed by atoms with van der Waals surface area (Å²) in [5.74, 6) is 7.08. The lowest BCUT2D eigenvalue weighted by Gasteiger charge is -2.08. The number of benzene rings is 2. The highest BCUT2D eigenvalue weighted by Gasteiger charge is 2.17. The number of amides is 1. The van der Waals surface area contributed by atoms with Crippen LogP contribution in [-0.2, 0) is 17.6 Å². The molecule has 1 aliphatic carbocycles. The zero-order valence-corrected chi connectivity index (χ0v) is 21.9. The second-order valence-electron chi connectivity index (χ2n) is 8.72. The van der Waals surface area contributed by atoms with Crippen LogP contribution in [0.25, 0.3) is 16.5 Å². The van der Waals surface area contributed by atoms with Crippen LogP contribution in [0, 0.1) is 18.8 Å². The van der Waals surface area contributed by atoms with E-state index >= 15 is 0 Å². The van der Waals surface area contributed by atoms with Crippen molar-refractivity contribution >= 4 is 34.4 Å². The van der Waals surface area contributed by atoms with Crippen LogP contribution < -0.4 is 5.32 Å². The van der Waals surface area contributed by atoms with E-state index in [4.69, 9.17) is 4.42 Å². The van der Waals surface area contributed by atoms with Crippen molar-refractivity contribution < 1.29 is 9.21 Å². The van der Waals surface area contributed by atoms with E-state index in [2.05, 4.69) is 48.1 Å². The number of hydrogen-bond acceptors (Lipinski definition) is 3. The van der Waals surface area contributed by atoms with Crippen molar-refractivity contribution in [1.29, 1.82) is 0 Å². The maximum absolute atomic E-state index is 11.5. The number of aryl methyl sites for hydroxylation is 2. The van der Waals surface area contributed by atoms with Gasteiger partial charge in [0.2, 0.25) is 5.91 Å². The predicted molar refractivity (Wildman–Crippen MR) is 153 cm³/mol. The molecule has 4 heteroatoms. The number of fused-ring (bicyclic) bond motifs is 3.